The Balaban J connectivity index is 1.33. The summed E-state index contributed by atoms with van der Waals surface area (Å²) in [5.41, 5.74) is -0.457. The second-order valence-electron chi connectivity index (χ2n) is 13.1. The van der Waals surface area contributed by atoms with Crippen molar-refractivity contribution in [2.24, 2.45) is 11.8 Å². The first-order valence-corrected chi connectivity index (χ1v) is 16.8. The van der Waals surface area contributed by atoms with Gasteiger partial charge in [0.1, 0.15) is 23.1 Å². The molecule has 1 unspecified atom stereocenters. The Morgan fingerprint density at radius 1 is 0.816 bits per heavy atom. The van der Waals surface area contributed by atoms with Gasteiger partial charge < -0.3 is 34.0 Å². The van der Waals surface area contributed by atoms with Gasteiger partial charge in [-0.15, -0.1) is 0 Å². The average Bonchev–Trinajstić information content (AvgIpc) is 3.39. The van der Waals surface area contributed by atoms with E-state index in [1.54, 1.807) is 41.2 Å². The summed E-state index contributed by atoms with van der Waals surface area (Å²) in [5, 5.41) is 10.9. The van der Waals surface area contributed by atoms with Crippen LogP contribution in [0.2, 0.25) is 0 Å². The summed E-state index contributed by atoms with van der Waals surface area (Å²) in [6, 6.07) is 22.1. The van der Waals surface area contributed by atoms with E-state index in [-0.39, 0.29) is 31.5 Å². The molecule has 7 rings (SSSR count). The molecule has 0 radical (unpaired) electrons. The van der Waals surface area contributed by atoms with Crippen LogP contribution in [-0.2, 0) is 25.5 Å². The van der Waals surface area contributed by atoms with E-state index in [2.05, 4.69) is 0 Å². The number of methoxy groups -OCH3 is 1. The van der Waals surface area contributed by atoms with E-state index in [1.807, 2.05) is 92.7 Å². The van der Waals surface area contributed by atoms with Gasteiger partial charge in [-0.3, -0.25) is 14.4 Å². The first-order chi connectivity index (χ1) is 23.7. The number of fused-ring (bicyclic) bond motifs is 2. The SMILES string of the molecule is CCOc1ccc(N2CC=C[C@@]3(C)O[C@]45C=CCN(c6ccc(OC)cc6)C(=O)C4N([C@@H](CO)Cc4ccccc4)C(=O)[C@@H]5[C@H]3C2=O)cc1. The summed E-state index contributed by atoms with van der Waals surface area (Å²) in [6.07, 6.45) is 7.74. The zero-order chi connectivity index (χ0) is 34.3. The van der Waals surface area contributed by atoms with Gasteiger partial charge in [0.2, 0.25) is 11.8 Å². The van der Waals surface area contributed by atoms with Crippen LogP contribution in [0.5, 0.6) is 11.5 Å². The van der Waals surface area contributed by atoms with Crippen LogP contribution in [0.1, 0.15) is 19.4 Å². The highest BCUT2D eigenvalue weighted by molar-refractivity contribution is 6.07. The van der Waals surface area contributed by atoms with Gasteiger partial charge in [-0.25, -0.2) is 0 Å². The number of anilines is 2. The monoisotopic (exact) mass is 663 g/mol. The fraction of sp³-hybridized carbons (Fsp3) is 0.359. The lowest BCUT2D eigenvalue weighted by molar-refractivity contribution is -0.147. The third kappa shape index (κ3) is 5.39. The van der Waals surface area contributed by atoms with Gasteiger partial charge in [0.05, 0.1) is 43.8 Å². The predicted molar refractivity (Wildman–Crippen MR) is 184 cm³/mol. The molecule has 0 aromatic heterocycles. The highest BCUT2D eigenvalue weighted by Crippen LogP contribution is 2.58. The quantitative estimate of drug-likeness (QED) is 0.343. The van der Waals surface area contributed by atoms with Crippen LogP contribution < -0.4 is 19.3 Å². The molecule has 1 spiro atoms. The van der Waals surface area contributed by atoms with Crippen molar-refractivity contribution < 1.29 is 33.7 Å². The number of carbonyl (C=O) groups excluding carboxylic acids is 3. The van der Waals surface area contributed by atoms with Crippen LogP contribution in [-0.4, -0.2) is 84.4 Å². The van der Waals surface area contributed by atoms with Gasteiger partial charge in [-0.2, -0.15) is 0 Å². The van der Waals surface area contributed by atoms with Gasteiger partial charge in [-0.1, -0.05) is 54.6 Å². The number of rotatable bonds is 9. The van der Waals surface area contributed by atoms with Crippen LogP contribution in [0, 0.1) is 11.8 Å². The van der Waals surface area contributed by atoms with Gasteiger partial charge in [0.25, 0.3) is 5.91 Å². The maximum absolute atomic E-state index is 15.0. The average molecular weight is 664 g/mol. The molecule has 2 fully saturated rings. The van der Waals surface area contributed by atoms with E-state index in [1.165, 1.54) is 4.90 Å². The molecule has 254 valence electrons. The van der Waals surface area contributed by atoms with Crippen molar-refractivity contribution in [3.63, 3.8) is 0 Å². The third-order valence-electron chi connectivity index (χ3n) is 10.3. The molecule has 3 amide bonds. The number of aliphatic hydroxyl groups is 1. The smallest absolute Gasteiger partial charge is 0.253 e. The molecule has 1 N–H and O–H groups in total. The summed E-state index contributed by atoms with van der Waals surface area (Å²) in [4.78, 5) is 49.6. The number of amides is 3. The second kappa shape index (κ2) is 12.8. The van der Waals surface area contributed by atoms with Crippen molar-refractivity contribution in [1.29, 1.82) is 0 Å². The Hall–Kier alpha value is -4.93. The number of nitrogens with zero attached hydrogens (tertiary/aromatic N) is 3. The number of carbonyl (C=O) groups is 3. The molecule has 0 aliphatic carbocycles. The van der Waals surface area contributed by atoms with Crippen LogP contribution in [0.4, 0.5) is 11.4 Å². The molecule has 10 heteroatoms. The number of likely N-dealkylation sites (tertiary alicyclic amines) is 1. The van der Waals surface area contributed by atoms with Crippen molar-refractivity contribution in [3.8, 4) is 11.5 Å². The van der Waals surface area contributed by atoms with E-state index in [9.17, 15) is 14.7 Å². The summed E-state index contributed by atoms with van der Waals surface area (Å²) in [7, 11) is 1.58. The molecule has 0 bridgehead atoms. The predicted octanol–water partition coefficient (Wildman–Crippen LogP) is 4.17. The van der Waals surface area contributed by atoms with E-state index < -0.39 is 41.0 Å². The van der Waals surface area contributed by atoms with Crippen molar-refractivity contribution in [1.82, 2.24) is 4.90 Å². The number of hydrogen-bond acceptors (Lipinski definition) is 7. The maximum Gasteiger partial charge on any atom is 0.253 e. The van der Waals surface area contributed by atoms with E-state index in [4.69, 9.17) is 14.2 Å². The normalized spacial score (nSPS) is 28.1. The maximum atomic E-state index is 15.0. The lowest BCUT2D eigenvalue weighted by atomic mass is 9.74. The van der Waals surface area contributed by atoms with Crippen LogP contribution >= 0.6 is 0 Å². The Bertz CT molecular complexity index is 1780. The number of benzene rings is 3. The molecule has 0 saturated carbocycles. The fourth-order valence-corrected chi connectivity index (χ4v) is 8.11. The topological polar surface area (TPSA) is 109 Å². The lowest BCUT2D eigenvalue weighted by Gasteiger charge is -2.40. The standard InChI is InChI=1S/C39H41N3O7/c1-4-48-31-18-14-27(15-19-31)40-22-8-20-38(2)32(35(40)44)33-36(45)42(29(25-43)24-26-10-6-5-7-11-26)34-37(46)41(23-9-21-39(33,34)49-38)28-12-16-30(47-3)17-13-28/h5-21,29,32-34,43H,4,22-25H2,1-3H3/t29-,32+,33+,34?,38-,39+/m1/s1. The van der Waals surface area contributed by atoms with Crippen molar-refractivity contribution in [2.45, 2.75) is 43.6 Å². The van der Waals surface area contributed by atoms with Crippen molar-refractivity contribution in [2.75, 3.05) is 43.2 Å². The molecule has 49 heavy (non-hydrogen) atoms. The summed E-state index contributed by atoms with van der Waals surface area (Å²) >= 11 is 0. The largest absolute Gasteiger partial charge is 0.497 e. The molecular formula is C39H41N3O7. The molecule has 4 aliphatic heterocycles. The number of hydrogen-bond donors (Lipinski definition) is 1. The molecule has 3 aromatic rings. The number of ether oxygens (including phenoxy) is 3. The highest BCUT2D eigenvalue weighted by atomic mass is 16.5. The Morgan fingerprint density at radius 3 is 2.04 bits per heavy atom. The van der Waals surface area contributed by atoms with Gasteiger partial charge in [0, 0.05) is 24.5 Å². The Labute approximate surface area is 286 Å². The minimum Gasteiger partial charge on any atom is -0.497 e. The first-order valence-electron chi connectivity index (χ1n) is 16.8. The number of aliphatic hydroxyl groups excluding tert-OH is 1. The molecule has 6 atom stereocenters. The Morgan fingerprint density at radius 2 is 1.43 bits per heavy atom. The van der Waals surface area contributed by atoms with E-state index in [0.29, 0.717) is 35.9 Å². The summed E-state index contributed by atoms with van der Waals surface area (Å²) in [5.74, 6) is -1.64. The third-order valence-corrected chi connectivity index (χ3v) is 10.3. The van der Waals surface area contributed by atoms with Crippen LogP contribution in [0.15, 0.2) is 103 Å². The van der Waals surface area contributed by atoms with Crippen LogP contribution in [0.25, 0.3) is 0 Å². The molecular weight excluding hydrogens is 622 g/mol. The van der Waals surface area contributed by atoms with Crippen LogP contribution in [0.3, 0.4) is 0 Å². The minimum absolute atomic E-state index is 0.230. The molecule has 2 saturated heterocycles. The Kier molecular flexibility index (Phi) is 8.54. The molecule has 4 aliphatic rings. The lowest BCUT2D eigenvalue weighted by Crippen LogP contribution is -2.59. The second-order valence-corrected chi connectivity index (χ2v) is 13.1. The summed E-state index contributed by atoms with van der Waals surface area (Å²) in [6.45, 7) is 4.39. The van der Waals surface area contributed by atoms with Gasteiger partial charge in [0.15, 0.2) is 0 Å². The van der Waals surface area contributed by atoms with Gasteiger partial charge in [-0.05, 0) is 74.4 Å². The zero-order valence-electron chi connectivity index (χ0n) is 27.9. The fourth-order valence-electron chi connectivity index (χ4n) is 8.11. The molecule has 4 heterocycles. The first kappa shape index (κ1) is 32.6. The highest BCUT2D eigenvalue weighted by Gasteiger charge is 2.75. The molecule has 3 aromatic carbocycles. The van der Waals surface area contributed by atoms with E-state index >= 15 is 4.79 Å². The van der Waals surface area contributed by atoms with Gasteiger partial charge >= 0.3 is 0 Å². The van der Waals surface area contributed by atoms with Crippen molar-refractivity contribution >= 4 is 29.1 Å². The van der Waals surface area contributed by atoms with E-state index in [0.717, 1.165) is 5.56 Å². The zero-order valence-corrected chi connectivity index (χ0v) is 27.9. The van der Waals surface area contributed by atoms with Crippen molar-refractivity contribution in [3.05, 3.63) is 109 Å². The minimum atomic E-state index is -1.47. The summed E-state index contributed by atoms with van der Waals surface area (Å²) < 4.78 is 18.0. The molecule has 10 nitrogen and oxygen atoms in total.